The van der Waals surface area contributed by atoms with Crippen molar-refractivity contribution in [2.75, 3.05) is 13.1 Å². The number of nitro groups is 1. The highest BCUT2D eigenvalue weighted by Crippen LogP contribution is 2.31. The lowest BCUT2D eigenvalue weighted by molar-refractivity contribution is -0.384. The van der Waals surface area contributed by atoms with Crippen molar-refractivity contribution >= 4 is 22.9 Å². The van der Waals surface area contributed by atoms with Crippen LogP contribution >= 0.6 is 12.2 Å². The van der Waals surface area contributed by atoms with Gasteiger partial charge in [-0.15, -0.1) is 0 Å². The first-order valence-corrected chi connectivity index (χ1v) is 8.10. The van der Waals surface area contributed by atoms with E-state index in [0.29, 0.717) is 22.1 Å². The molecule has 0 amide bonds. The van der Waals surface area contributed by atoms with Crippen LogP contribution in [0, 0.1) is 16.0 Å². The first-order valence-electron chi connectivity index (χ1n) is 7.69. The molecule has 5 nitrogen and oxygen atoms in total. The van der Waals surface area contributed by atoms with Crippen LogP contribution in [0.4, 0.5) is 5.69 Å². The van der Waals surface area contributed by atoms with Crippen molar-refractivity contribution in [3.63, 3.8) is 0 Å². The summed E-state index contributed by atoms with van der Waals surface area (Å²) >= 11 is 5.53. The number of likely N-dealkylation sites (tertiary alicyclic amines) is 1. The van der Waals surface area contributed by atoms with Gasteiger partial charge in [-0.2, -0.15) is 0 Å². The second kappa shape index (κ2) is 6.50. The van der Waals surface area contributed by atoms with Crippen LogP contribution in [0.15, 0.2) is 40.8 Å². The molecule has 120 valence electrons. The average Bonchev–Trinajstić information content (AvgIpc) is 3.04. The maximum absolute atomic E-state index is 11.1. The fourth-order valence-electron chi connectivity index (χ4n) is 2.81. The molecule has 1 aromatic carbocycles. The van der Waals surface area contributed by atoms with E-state index in [9.17, 15) is 10.1 Å². The summed E-state index contributed by atoms with van der Waals surface area (Å²) in [5, 5.41) is 11.1. The summed E-state index contributed by atoms with van der Waals surface area (Å²) in [6.45, 7) is 4.11. The molecular formula is C17H18N2O3S. The molecule has 0 atom stereocenters. The Labute approximate surface area is 140 Å². The third kappa shape index (κ3) is 3.27. The maximum Gasteiger partial charge on any atom is 0.280 e. The number of nitro benzene ring substituents is 1. The number of hydrogen-bond donors (Lipinski definition) is 0. The molecule has 0 aliphatic carbocycles. The van der Waals surface area contributed by atoms with Crippen molar-refractivity contribution in [3.8, 4) is 11.3 Å². The molecule has 23 heavy (non-hydrogen) atoms. The fourth-order valence-corrected chi connectivity index (χ4v) is 3.10. The number of benzene rings is 1. The van der Waals surface area contributed by atoms with Gasteiger partial charge in [0.2, 0.25) is 0 Å². The molecule has 1 aliphatic rings. The van der Waals surface area contributed by atoms with Crippen molar-refractivity contribution < 1.29 is 9.34 Å². The molecule has 2 heterocycles. The summed E-state index contributed by atoms with van der Waals surface area (Å²) in [6, 6.07) is 10.1. The van der Waals surface area contributed by atoms with Crippen molar-refractivity contribution in [2.24, 2.45) is 5.92 Å². The molecule has 0 saturated carbocycles. The normalized spacial score (nSPS) is 15.6. The number of thiocarbonyl (C=S) groups is 1. The van der Waals surface area contributed by atoms with E-state index < -0.39 is 4.92 Å². The van der Waals surface area contributed by atoms with E-state index in [0.717, 1.165) is 31.8 Å². The molecule has 0 spiro atoms. The van der Waals surface area contributed by atoms with E-state index in [1.54, 1.807) is 30.3 Å². The molecule has 2 aromatic rings. The Morgan fingerprint density at radius 2 is 1.96 bits per heavy atom. The Morgan fingerprint density at radius 3 is 2.65 bits per heavy atom. The molecule has 1 aromatic heterocycles. The Morgan fingerprint density at radius 1 is 1.26 bits per heavy atom. The number of hydrogen-bond acceptors (Lipinski definition) is 4. The van der Waals surface area contributed by atoms with Crippen LogP contribution in [-0.4, -0.2) is 27.9 Å². The molecule has 0 radical (unpaired) electrons. The monoisotopic (exact) mass is 330 g/mol. The lowest BCUT2D eigenvalue weighted by Crippen LogP contribution is -2.37. The van der Waals surface area contributed by atoms with Crippen molar-refractivity contribution in [3.05, 3.63) is 52.3 Å². The van der Waals surface area contributed by atoms with Crippen molar-refractivity contribution in [1.82, 2.24) is 4.90 Å². The second-order valence-electron chi connectivity index (χ2n) is 5.91. The lowest BCUT2D eigenvalue weighted by Gasteiger charge is -2.31. The summed E-state index contributed by atoms with van der Waals surface area (Å²) in [5.74, 6) is 1.80. The lowest BCUT2D eigenvalue weighted by atomic mass is 9.99. The number of piperidine rings is 1. The smallest absolute Gasteiger partial charge is 0.280 e. The summed E-state index contributed by atoms with van der Waals surface area (Å²) in [6.07, 6.45) is 2.25. The standard InChI is InChI=1S/C17H18N2O3S/c1-12-8-10-18(11-9-12)17(23)16-7-6-15(22-16)13-4-2-3-5-14(13)19(20)21/h2-7,12H,8-11H2,1H3. The van der Waals surface area contributed by atoms with Crippen LogP contribution in [0.1, 0.15) is 25.5 Å². The van der Waals surface area contributed by atoms with Gasteiger partial charge in [0.15, 0.2) is 5.76 Å². The van der Waals surface area contributed by atoms with Crippen LogP contribution in [0.3, 0.4) is 0 Å². The third-order valence-corrected chi connectivity index (χ3v) is 4.71. The molecule has 1 saturated heterocycles. The summed E-state index contributed by atoms with van der Waals surface area (Å²) < 4.78 is 5.82. The number of rotatable bonds is 3. The van der Waals surface area contributed by atoms with Gasteiger partial charge in [0.1, 0.15) is 10.7 Å². The zero-order chi connectivity index (χ0) is 16.4. The van der Waals surface area contributed by atoms with Crippen LogP contribution < -0.4 is 0 Å². The van der Waals surface area contributed by atoms with E-state index in [1.807, 2.05) is 0 Å². The van der Waals surface area contributed by atoms with E-state index in [-0.39, 0.29) is 5.69 Å². The minimum atomic E-state index is -0.401. The molecule has 6 heteroatoms. The van der Waals surface area contributed by atoms with Gasteiger partial charge in [-0.25, -0.2) is 0 Å². The van der Waals surface area contributed by atoms with Crippen molar-refractivity contribution in [1.29, 1.82) is 0 Å². The molecule has 0 bridgehead atoms. The highest BCUT2D eigenvalue weighted by Gasteiger charge is 2.22. The topological polar surface area (TPSA) is 59.5 Å². The van der Waals surface area contributed by atoms with Gasteiger partial charge in [-0.05, 0) is 37.0 Å². The predicted octanol–water partition coefficient (Wildman–Crippen LogP) is 4.26. The van der Waals surface area contributed by atoms with Gasteiger partial charge in [-0.1, -0.05) is 31.3 Å². The molecule has 0 unspecified atom stereocenters. The average molecular weight is 330 g/mol. The maximum atomic E-state index is 11.1. The van der Waals surface area contributed by atoms with Gasteiger partial charge in [0.25, 0.3) is 5.69 Å². The van der Waals surface area contributed by atoms with E-state index in [1.165, 1.54) is 6.07 Å². The largest absolute Gasteiger partial charge is 0.453 e. The second-order valence-corrected chi connectivity index (χ2v) is 6.30. The zero-order valence-electron chi connectivity index (χ0n) is 12.9. The van der Waals surface area contributed by atoms with Gasteiger partial charge >= 0.3 is 0 Å². The SMILES string of the molecule is CC1CCN(C(=S)c2ccc(-c3ccccc3[N+](=O)[O-])o2)CC1. The number of nitrogens with zero attached hydrogens (tertiary/aromatic N) is 2. The first kappa shape index (κ1) is 15.7. The minimum absolute atomic E-state index is 0.0334. The molecular weight excluding hydrogens is 312 g/mol. The fraction of sp³-hybridized carbons (Fsp3) is 0.353. The van der Waals surface area contributed by atoms with E-state index in [4.69, 9.17) is 16.6 Å². The van der Waals surface area contributed by atoms with Gasteiger partial charge in [0.05, 0.1) is 10.5 Å². The van der Waals surface area contributed by atoms with Gasteiger partial charge < -0.3 is 9.32 Å². The van der Waals surface area contributed by atoms with Crippen molar-refractivity contribution in [2.45, 2.75) is 19.8 Å². The zero-order valence-corrected chi connectivity index (χ0v) is 13.7. The highest BCUT2D eigenvalue weighted by atomic mass is 32.1. The molecule has 1 aliphatic heterocycles. The Hall–Kier alpha value is -2.21. The Balaban J connectivity index is 1.84. The number of para-hydroxylation sites is 1. The molecule has 0 N–H and O–H groups in total. The molecule has 3 rings (SSSR count). The summed E-state index contributed by atoms with van der Waals surface area (Å²) in [5.41, 5.74) is 0.505. The predicted molar refractivity (Wildman–Crippen MR) is 92.5 cm³/mol. The van der Waals surface area contributed by atoms with Crippen LogP contribution in [-0.2, 0) is 0 Å². The van der Waals surface area contributed by atoms with Gasteiger partial charge in [-0.3, -0.25) is 10.1 Å². The number of furan rings is 1. The summed E-state index contributed by atoms with van der Waals surface area (Å²) in [7, 11) is 0. The van der Waals surface area contributed by atoms with Crippen LogP contribution in [0.25, 0.3) is 11.3 Å². The summed E-state index contributed by atoms with van der Waals surface area (Å²) in [4.78, 5) is 13.6. The Bertz CT molecular complexity index is 733. The van der Waals surface area contributed by atoms with E-state index >= 15 is 0 Å². The highest BCUT2D eigenvalue weighted by molar-refractivity contribution is 7.80. The quantitative estimate of drug-likeness (QED) is 0.478. The third-order valence-electron chi connectivity index (χ3n) is 4.25. The molecule has 1 fully saturated rings. The Kier molecular flexibility index (Phi) is 4.43. The van der Waals surface area contributed by atoms with Gasteiger partial charge in [0, 0.05) is 19.2 Å². The van der Waals surface area contributed by atoms with Crippen LogP contribution in [0.2, 0.25) is 0 Å². The van der Waals surface area contributed by atoms with E-state index in [2.05, 4.69) is 11.8 Å². The first-order chi connectivity index (χ1) is 11.1. The van der Waals surface area contributed by atoms with Crippen LogP contribution in [0.5, 0.6) is 0 Å². The minimum Gasteiger partial charge on any atom is -0.453 e.